The number of aliphatic hydroxyl groups is 1. The van der Waals surface area contributed by atoms with Gasteiger partial charge in [-0.15, -0.1) is 0 Å². The summed E-state index contributed by atoms with van der Waals surface area (Å²) < 4.78 is 0. The number of hydrogen-bond donors (Lipinski definition) is 1. The molecule has 1 aliphatic rings. The molecule has 1 heteroatoms. The summed E-state index contributed by atoms with van der Waals surface area (Å²) in [7, 11) is 0. The van der Waals surface area contributed by atoms with Gasteiger partial charge in [-0.2, -0.15) is 0 Å². The monoisotopic (exact) mass is 170 g/mol. The van der Waals surface area contributed by atoms with Gasteiger partial charge >= 0.3 is 0 Å². The first kappa shape index (κ1) is 10.0. The molecule has 1 N–H and O–H groups in total. The largest absolute Gasteiger partial charge is 0.396 e. The Balaban J connectivity index is 2.66. The van der Waals surface area contributed by atoms with Crippen LogP contribution in [0.4, 0.5) is 0 Å². The van der Waals surface area contributed by atoms with Gasteiger partial charge in [0.2, 0.25) is 0 Å². The van der Waals surface area contributed by atoms with Gasteiger partial charge in [-0.25, -0.2) is 0 Å². The molecule has 0 spiro atoms. The Labute approximate surface area is 76.2 Å². The van der Waals surface area contributed by atoms with Crippen molar-refractivity contribution in [2.75, 3.05) is 6.61 Å². The van der Waals surface area contributed by atoms with Crippen molar-refractivity contribution in [1.82, 2.24) is 0 Å². The van der Waals surface area contributed by atoms with Crippen LogP contribution in [-0.2, 0) is 0 Å². The predicted molar refractivity (Wildman–Crippen MR) is 52.0 cm³/mol. The SMILES string of the molecule is CC[C@@H]1CCCC(C)(C)[C@@H]1CO. The summed E-state index contributed by atoms with van der Waals surface area (Å²) in [6.07, 6.45) is 5.19. The summed E-state index contributed by atoms with van der Waals surface area (Å²) in [5.74, 6) is 1.30. The first-order chi connectivity index (χ1) is 5.61. The Morgan fingerprint density at radius 2 is 2.08 bits per heavy atom. The van der Waals surface area contributed by atoms with E-state index in [-0.39, 0.29) is 0 Å². The minimum Gasteiger partial charge on any atom is -0.396 e. The highest BCUT2D eigenvalue weighted by molar-refractivity contribution is 4.87. The lowest BCUT2D eigenvalue weighted by molar-refractivity contribution is 0.0233. The molecule has 0 aromatic heterocycles. The van der Waals surface area contributed by atoms with Crippen LogP contribution in [0, 0.1) is 17.3 Å². The molecule has 0 heterocycles. The minimum absolute atomic E-state index is 0.369. The van der Waals surface area contributed by atoms with Gasteiger partial charge in [-0.1, -0.05) is 40.0 Å². The molecule has 0 radical (unpaired) electrons. The van der Waals surface area contributed by atoms with Crippen molar-refractivity contribution in [3.05, 3.63) is 0 Å². The van der Waals surface area contributed by atoms with Crippen LogP contribution < -0.4 is 0 Å². The zero-order chi connectivity index (χ0) is 9.19. The fraction of sp³-hybridized carbons (Fsp3) is 1.00. The molecular formula is C11H22O. The highest BCUT2D eigenvalue weighted by atomic mass is 16.3. The fourth-order valence-corrected chi connectivity index (χ4v) is 2.73. The third-order valence-corrected chi connectivity index (χ3v) is 3.69. The standard InChI is InChI=1S/C11H22O/c1-4-9-6-5-7-11(2,3)10(9)8-12/h9-10,12H,4-8H2,1-3H3/t9-,10-/m1/s1. The van der Waals surface area contributed by atoms with E-state index >= 15 is 0 Å². The Morgan fingerprint density at radius 1 is 1.42 bits per heavy atom. The topological polar surface area (TPSA) is 20.2 Å². The zero-order valence-corrected chi connectivity index (χ0v) is 8.64. The van der Waals surface area contributed by atoms with Crippen LogP contribution in [0.15, 0.2) is 0 Å². The highest BCUT2D eigenvalue weighted by Crippen LogP contribution is 2.44. The van der Waals surface area contributed by atoms with Crippen molar-refractivity contribution < 1.29 is 5.11 Å². The van der Waals surface area contributed by atoms with E-state index < -0.39 is 0 Å². The molecule has 0 aromatic rings. The number of hydrogen-bond acceptors (Lipinski definition) is 1. The average Bonchev–Trinajstić information content (AvgIpc) is 2.02. The van der Waals surface area contributed by atoms with Crippen LogP contribution in [-0.4, -0.2) is 11.7 Å². The Bertz CT molecular complexity index is 140. The highest BCUT2D eigenvalue weighted by Gasteiger charge is 2.37. The van der Waals surface area contributed by atoms with Crippen molar-refractivity contribution in [2.24, 2.45) is 17.3 Å². The molecule has 0 amide bonds. The molecule has 2 atom stereocenters. The van der Waals surface area contributed by atoms with Gasteiger partial charge in [0.05, 0.1) is 0 Å². The third-order valence-electron chi connectivity index (χ3n) is 3.69. The Kier molecular flexibility index (Phi) is 3.16. The summed E-state index contributed by atoms with van der Waals surface area (Å²) in [5, 5.41) is 9.33. The van der Waals surface area contributed by atoms with Gasteiger partial charge in [0.1, 0.15) is 0 Å². The molecule has 0 saturated heterocycles. The van der Waals surface area contributed by atoms with E-state index in [4.69, 9.17) is 0 Å². The maximum Gasteiger partial charge on any atom is 0.0467 e. The van der Waals surface area contributed by atoms with E-state index in [1.165, 1.54) is 25.7 Å². The van der Waals surface area contributed by atoms with Crippen LogP contribution in [0.1, 0.15) is 46.5 Å². The number of aliphatic hydroxyl groups excluding tert-OH is 1. The molecule has 1 nitrogen and oxygen atoms in total. The quantitative estimate of drug-likeness (QED) is 0.675. The van der Waals surface area contributed by atoms with Gasteiger partial charge < -0.3 is 5.11 Å². The van der Waals surface area contributed by atoms with Crippen LogP contribution in [0.5, 0.6) is 0 Å². The molecule has 12 heavy (non-hydrogen) atoms. The van der Waals surface area contributed by atoms with Gasteiger partial charge in [0.25, 0.3) is 0 Å². The van der Waals surface area contributed by atoms with Crippen molar-refractivity contribution in [3.63, 3.8) is 0 Å². The lowest BCUT2D eigenvalue weighted by Crippen LogP contribution is -2.37. The lowest BCUT2D eigenvalue weighted by Gasteiger charge is -2.43. The van der Waals surface area contributed by atoms with Crippen LogP contribution >= 0.6 is 0 Å². The van der Waals surface area contributed by atoms with E-state index in [2.05, 4.69) is 20.8 Å². The summed E-state index contributed by atoms with van der Waals surface area (Å²) in [6, 6.07) is 0. The maximum atomic E-state index is 9.33. The Morgan fingerprint density at radius 3 is 2.50 bits per heavy atom. The van der Waals surface area contributed by atoms with E-state index in [0.717, 1.165) is 5.92 Å². The second-order valence-electron chi connectivity index (χ2n) is 4.84. The molecular weight excluding hydrogens is 148 g/mol. The zero-order valence-electron chi connectivity index (χ0n) is 8.64. The lowest BCUT2D eigenvalue weighted by atomic mass is 9.63. The van der Waals surface area contributed by atoms with Crippen molar-refractivity contribution in [1.29, 1.82) is 0 Å². The molecule has 0 aliphatic heterocycles. The van der Waals surface area contributed by atoms with Gasteiger partial charge in [0.15, 0.2) is 0 Å². The smallest absolute Gasteiger partial charge is 0.0467 e. The third kappa shape index (κ3) is 1.82. The van der Waals surface area contributed by atoms with Gasteiger partial charge in [-0.05, 0) is 23.7 Å². The molecule has 72 valence electrons. The molecule has 1 aliphatic carbocycles. The average molecular weight is 170 g/mol. The fourth-order valence-electron chi connectivity index (χ4n) is 2.73. The second kappa shape index (κ2) is 3.78. The van der Waals surface area contributed by atoms with Crippen molar-refractivity contribution in [3.8, 4) is 0 Å². The normalized spacial score (nSPS) is 35.0. The van der Waals surface area contributed by atoms with Crippen molar-refractivity contribution >= 4 is 0 Å². The van der Waals surface area contributed by atoms with Crippen LogP contribution in [0.3, 0.4) is 0 Å². The molecule has 1 rings (SSSR count). The summed E-state index contributed by atoms with van der Waals surface area (Å²) >= 11 is 0. The first-order valence-corrected chi connectivity index (χ1v) is 5.22. The van der Waals surface area contributed by atoms with Gasteiger partial charge in [-0.3, -0.25) is 0 Å². The first-order valence-electron chi connectivity index (χ1n) is 5.22. The van der Waals surface area contributed by atoms with E-state index in [0.29, 0.717) is 17.9 Å². The summed E-state index contributed by atoms with van der Waals surface area (Å²) in [4.78, 5) is 0. The summed E-state index contributed by atoms with van der Waals surface area (Å²) in [5.41, 5.74) is 0.369. The Hall–Kier alpha value is -0.0400. The second-order valence-corrected chi connectivity index (χ2v) is 4.84. The van der Waals surface area contributed by atoms with Crippen molar-refractivity contribution in [2.45, 2.75) is 46.5 Å². The van der Waals surface area contributed by atoms with E-state index in [9.17, 15) is 5.11 Å². The van der Waals surface area contributed by atoms with E-state index in [1.807, 2.05) is 0 Å². The molecule has 0 aromatic carbocycles. The van der Waals surface area contributed by atoms with Crippen LogP contribution in [0.2, 0.25) is 0 Å². The number of rotatable bonds is 2. The predicted octanol–water partition coefficient (Wildman–Crippen LogP) is 2.83. The van der Waals surface area contributed by atoms with Gasteiger partial charge in [0, 0.05) is 6.61 Å². The molecule has 1 saturated carbocycles. The summed E-state index contributed by atoms with van der Waals surface area (Å²) in [6.45, 7) is 7.23. The molecule has 0 bridgehead atoms. The molecule has 1 fully saturated rings. The van der Waals surface area contributed by atoms with E-state index in [1.54, 1.807) is 0 Å². The minimum atomic E-state index is 0.369. The molecule has 0 unspecified atom stereocenters. The van der Waals surface area contributed by atoms with Crippen LogP contribution in [0.25, 0.3) is 0 Å². The maximum absolute atomic E-state index is 9.33.